The van der Waals surface area contributed by atoms with Gasteiger partial charge in [0.05, 0.1) is 10.7 Å². The van der Waals surface area contributed by atoms with Crippen LogP contribution >= 0.6 is 11.6 Å². The molecule has 0 aliphatic carbocycles. The van der Waals surface area contributed by atoms with E-state index in [2.05, 4.69) is 6.58 Å². The first-order valence-electron chi connectivity index (χ1n) is 3.78. The predicted octanol–water partition coefficient (Wildman–Crippen LogP) is 3.04. The van der Waals surface area contributed by atoms with Gasteiger partial charge in [0.1, 0.15) is 0 Å². The Labute approximate surface area is 77.8 Å². The minimum Gasteiger partial charge on any atom is -0.398 e. The Morgan fingerprint density at radius 2 is 2.25 bits per heavy atom. The zero-order valence-corrected chi connectivity index (χ0v) is 7.86. The van der Waals surface area contributed by atoms with Crippen molar-refractivity contribution in [1.29, 1.82) is 0 Å². The van der Waals surface area contributed by atoms with E-state index in [9.17, 15) is 0 Å². The second kappa shape index (κ2) is 3.63. The molecule has 0 atom stereocenters. The number of halogens is 1. The highest BCUT2D eigenvalue weighted by molar-refractivity contribution is 6.33. The molecule has 0 aliphatic heterocycles. The molecular weight excluding hydrogens is 170 g/mol. The smallest absolute Gasteiger partial charge is 0.0638 e. The van der Waals surface area contributed by atoms with Gasteiger partial charge in [-0.05, 0) is 31.0 Å². The van der Waals surface area contributed by atoms with Crippen molar-refractivity contribution in [3.8, 4) is 0 Å². The lowest BCUT2D eigenvalue weighted by Crippen LogP contribution is -1.89. The molecule has 1 aromatic carbocycles. The molecule has 64 valence electrons. The maximum absolute atomic E-state index is 5.84. The molecule has 0 heterocycles. The van der Waals surface area contributed by atoms with E-state index < -0.39 is 0 Å². The van der Waals surface area contributed by atoms with Crippen molar-refractivity contribution < 1.29 is 0 Å². The summed E-state index contributed by atoms with van der Waals surface area (Å²) in [6, 6.07) is 5.67. The Balaban J connectivity index is 2.89. The molecule has 0 bridgehead atoms. The van der Waals surface area contributed by atoms with Gasteiger partial charge in [0, 0.05) is 0 Å². The van der Waals surface area contributed by atoms with Gasteiger partial charge in [0.25, 0.3) is 0 Å². The standard InChI is InChI=1S/C10H12ClN/c1-7(2)5-8-3-4-10(12)9(11)6-8/h3-4,6H,1,5,12H2,2H3. The topological polar surface area (TPSA) is 26.0 Å². The summed E-state index contributed by atoms with van der Waals surface area (Å²) in [5, 5.41) is 0.619. The van der Waals surface area contributed by atoms with E-state index in [-0.39, 0.29) is 0 Å². The highest BCUT2D eigenvalue weighted by Crippen LogP contribution is 2.20. The van der Waals surface area contributed by atoms with Crippen LogP contribution in [-0.2, 0) is 6.42 Å². The third-order valence-corrected chi connectivity index (χ3v) is 1.90. The van der Waals surface area contributed by atoms with Crippen molar-refractivity contribution in [2.75, 3.05) is 5.73 Å². The van der Waals surface area contributed by atoms with Crippen LogP contribution in [0.5, 0.6) is 0 Å². The molecule has 0 fully saturated rings. The number of hydrogen-bond acceptors (Lipinski definition) is 1. The molecule has 12 heavy (non-hydrogen) atoms. The third kappa shape index (κ3) is 2.28. The van der Waals surface area contributed by atoms with Gasteiger partial charge in [-0.3, -0.25) is 0 Å². The van der Waals surface area contributed by atoms with E-state index >= 15 is 0 Å². The average Bonchev–Trinajstić information content (AvgIpc) is 1.96. The van der Waals surface area contributed by atoms with Crippen molar-refractivity contribution in [3.63, 3.8) is 0 Å². The fourth-order valence-corrected chi connectivity index (χ4v) is 1.23. The molecule has 0 aliphatic rings. The first-order chi connectivity index (χ1) is 5.59. The molecular formula is C10H12ClN. The maximum atomic E-state index is 5.84. The van der Waals surface area contributed by atoms with Crippen molar-refractivity contribution in [3.05, 3.63) is 40.9 Å². The zero-order chi connectivity index (χ0) is 9.14. The molecule has 0 radical (unpaired) electrons. The van der Waals surface area contributed by atoms with Gasteiger partial charge in [-0.1, -0.05) is 29.8 Å². The fraction of sp³-hybridized carbons (Fsp3) is 0.200. The molecule has 0 saturated heterocycles. The van der Waals surface area contributed by atoms with Crippen LogP contribution in [0.2, 0.25) is 5.02 Å². The highest BCUT2D eigenvalue weighted by Gasteiger charge is 1.97. The Hall–Kier alpha value is -0.950. The van der Waals surface area contributed by atoms with Crippen LogP contribution < -0.4 is 5.73 Å². The molecule has 2 heteroatoms. The number of anilines is 1. The van der Waals surface area contributed by atoms with Gasteiger partial charge < -0.3 is 5.73 Å². The van der Waals surface area contributed by atoms with E-state index in [0.717, 1.165) is 17.6 Å². The monoisotopic (exact) mass is 181 g/mol. The van der Waals surface area contributed by atoms with Crippen LogP contribution in [0.15, 0.2) is 30.4 Å². The summed E-state index contributed by atoms with van der Waals surface area (Å²) < 4.78 is 0. The molecule has 2 N–H and O–H groups in total. The van der Waals surface area contributed by atoms with Gasteiger partial charge in [-0.2, -0.15) is 0 Å². The second-order valence-corrected chi connectivity index (χ2v) is 3.40. The fourth-order valence-electron chi connectivity index (χ4n) is 1.03. The molecule has 0 aromatic heterocycles. The Kier molecular flexibility index (Phi) is 2.77. The SMILES string of the molecule is C=C(C)Cc1ccc(N)c(Cl)c1. The van der Waals surface area contributed by atoms with Crippen LogP contribution in [0.1, 0.15) is 12.5 Å². The predicted molar refractivity (Wildman–Crippen MR) is 54.4 cm³/mol. The summed E-state index contributed by atoms with van der Waals surface area (Å²) in [5.41, 5.74) is 8.47. The third-order valence-electron chi connectivity index (χ3n) is 1.57. The summed E-state index contributed by atoms with van der Waals surface area (Å²) in [5.74, 6) is 0. The van der Waals surface area contributed by atoms with Gasteiger partial charge in [-0.25, -0.2) is 0 Å². The van der Waals surface area contributed by atoms with Gasteiger partial charge >= 0.3 is 0 Å². The number of nitrogens with two attached hydrogens (primary N) is 1. The number of allylic oxidation sites excluding steroid dienone is 1. The second-order valence-electron chi connectivity index (χ2n) is 2.99. The average molecular weight is 182 g/mol. The van der Waals surface area contributed by atoms with Crippen LogP contribution in [0, 0.1) is 0 Å². The lowest BCUT2D eigenvalue weighted by atomic mass is 10.1. The van der Waals surface area contributed by atoms with Gasteiger partial charge in [0.2, 0.25) is 0 Å². The maximum Gasteiger partial charge on any atom is 0.0638 e. The highest BCUT2D eigenvalue weighted by atomic mass is 35.5. The number of benzene rings is 1. The number of nitrogen functional groups attached to an aromatic ring is 1. The Morgan fingerprint density at radius 3 is 2.75 bits per heavy atom. The molecule has 0 spiro atoms. The van der Waals surface area contributed by atoms with Crippen molar-refractivity contribution in [2.45, 2.75) is 13.3 Å². The van der Waals surface area contributed by atoms with E-state index in [0.29, 0.717) is 10.7 Å². The molecule has 0 unspecified atom stereocenters. The lowest BCUT2D eigenvalue weighted by Gasteiger charge is -2.02. The first-order valence-corrected chi connectivity index (χ1v) is 4.15. The molecule has 0 amide bonds. The first kappa shape index (κ1) is 9.14. The summed E-state index contributed by atoms with van der Waals surface area (Å²) in [4.78, 5) is 0. The van der Waals surface area contributed by atoms with Gasteiger partial charge in [0.15, 0.2) is 0 Å². The van der Waals surface area contributed by atoms with E-state index in [1.165, 1.54) is 0 Å². The summed E-state index contributed by atoms with van der Waals surface area (Å²) in [6.45, 7) is 5.82. The quantitative estimate of drug-likeness (QED) is 0.551. The lowest BCUT2D eigenvalue weighted by molar-refractivity contribution is 1.16. The summed E-state index contributed by atoms with van der Waals surface area (Å²) >= 11 is 5.84. The van der Waals surface area contributed by atoms with Crippen molar-refractivity contribution in [2.24, 2.45) is 0 Å². The Bertz CT molecular complexity index is 305. The zero-order valence-electron chi connectivity index (χ0n) is 7.10. The molecule has 1 nitrogen and oxygen atoms in total. The number of hydrogen-bond donors (Lipinski definition) is 1. The summed E-state index contributed by atoms with van der Waals surface area (Å²) in [6.07, 6.45) is 0.861. The van der Waals surface area contributed by atoms with Crippen LogP contribution in [0.3, 0.4) is 0 Å². The van der Waals surface area contributed by atoms with Crippen molar-refractivity contribution in [1.82, 2.24) is 0 Å². The molecule has 1 aromatic rings. The Morgan fingerprint density at radius 1 is 1.58 bits per heavy atom. The van der Waals surface area contributed by atoms with E-state index in [4.69, 9.17) is 17.3 Å². The van der Waals surface area contributed by atoms with E-state index in [1.807, 2.05) is 25.1 Å². The minimum atomic E-state index is 0.619. The van der Waals surface area contributed by atoms with Gasteiger partial charge in [-0.15, -0.1) is 0 Å². The van der Waals surface area contributed by atoms with E-state index in [1.54, 1.807) is 0 Å². The minimum absolute atomic E-state index is 0.619. The van der Waals surface area contributed by atoms with Crippen LogP contribution in [0.25, 0.3) is 0 Å². The van der Waals surface area contributed by atoms with Crippen LogP contribution in [0.4, 0.5) is 5.69 Å². The van der Waals surface area contributed by atoms with Crippen LogP contribution in [-0.4, -0.2) is 0 Å². The summed E-state index contributed by atoms with van der Waals surface area (Å²) in [7, 11) is 0. The normalized spacial score (nSPS) is 9.83. The van der Waals surface area contributed by atoms with Crippen molar-refractivity contribution >= 4 is 17.3 Å². The molecule has 1 rings (SSSR count). The largest absolute Gasteiger partial charge is 0.398 e. The number of rotatable bonds is 2. The molecule has 0 saturated carbocycles.